The second kappa shape index (κ2) is 8.02. The second-order valence-electron chi connectivity index (χ2n) is 8.15. The van der Waals surface area contributed by atoms with Crippen molar-refractivity contribution in [2.24, 2.45) is 0 Å². The van der Waals surface area contributed by atoms with Gasteiger partial charge in [-0.2, -0.15) is 5.10 Å². The highest BCUT2D eigenvalue weighted by Gasteiger charge is 2.31. The first kappa shape index (κ1) is 19.5. The molecule has 0 radical (unpaired) electrons. The third-order valence-corrected chi connectivity index (χ3v) is 5.97. The van der Waals surface area contributed by atoms with Crippen LogP contribution in [-0.2, 0) is 11.2 Å². The van der Waals surface area contributed by atoms with Crippen molar-refractivity contribution in [2.45, 2.75) is 32.8 Å². The van der Waals surface area contributed by atoms with Crippen molar-refractivity contribution in [3.63, 3.8) is 0 Å². The topological polar surface area (TPSA) is 76.4 Å². The maximum absolute atomic E-state index is 13.0. The minimum absolute atomic E-state index is 0.0834. The zero-order chi connectivity index (χ0) is 21.4. The Morgan fingerprint density at radius 1 is 1.00 bits per heavy atom. The van der Waals surface area contributed by atoms with Crippen molar-refractivity contribution < 1.29 is 9.53 Å². The van der Waals surface area contributed by atoms with E-state index in [1.807, 2.05) is 55.1 Å². The van der Waals surface area contributed by atoms with Crippen LogP contribution in [0.4, 0.5) is 5.82 Å². The Morgan fingerprint density at radius 2 is 1.74 bits per heavy atom. The molecule has 8 heteroatoms. The summed E-state index contributed by atoms with van der Waals surface area (Å²) < 4.78 is 7.79. The van der Waals surface area contributed by atoms with E-state index in [0.29, 0.717) is 18.9 Å². The molecule has 3 aromatic rings. The van der Waals surface area contributed by atoms with E-state index in [-0.39, 0.29) is 12.0 Å². The molecule has 0 spiro atoms. The highest BCUT2D eigenvalue weighted by molar-refractivity contribution is 5.82. The molecule has 31 heavy (non-hydrogen) atoms. The number of aromatic nitrogens is 4. The highest BCUT2D eigenvalue weighted by Crippen LogP contribution is 2.28. The number of amides is 1. The van der Waals surface area contributed by atoms with Crippen LogP contribution < -0.4 is 9.64 Å². The number of benzene rings is 1. The van der Waals surface area contributed by atoms with E-state index >= 15 is 0 Å². The van der Waals surface area contributed by atoms with Gasteiger partial charge in [0, 0.05) is 31.9 Å². The molecule has 1 amide bonds. The smallest absolute Gasteiger partial charge is 0.263 e. The van der Waals surface area contributed by atoms with E-state index in [9.17, 15) is 4.79 Å². The quantitative estimate of drug-likeness (QED) is 0.650. The fourth-order valence-corrected chi connectivity index (χ4v) is 4.32. The Kier molecular flexibility index (Phi) is 5.05. The SMILES string of the molecule is Cc1cc(C)n(-c2ccc(N3CCN(C(=O)C4CCc5ccccc5O4)CC3)nn2)n1. The molecule has 0 bridgehead atoms. The number of rotatable bonds is 3. The van der Waals surface area contributed by atoms with Crippen LogP contribution in [0.5, 0.6) is 5.75 Å². The van der Waals surface area contributed by atoms with Gasteiger partial charge in [0.1, 0.15) is 5.75 Å². The molecule has 1 saturated heterocycles. The molecule has 1 aromatic carbocycles. The van der Waals surface area contributed by atoms with Crippen LogP contribution in [0.15, 0.2) is 42.5 Å². The lowest BCUT2D eigenvalue weighted by Gasteiger charge is -2.37. The van der Waals surface area contributed by atoms with Crippen LogP contribution in [-0.4, -0.2) is 63.1 Å². The Hall–Kier alpha value is -3.42. The van der Waals surface area contributed by atoms with Gasteiger partial charge in [-0.25, -0.2) is 4.68 Å². The molecule has 1 unspecified atom stereocenters. The average Bonchev–Trinajstić information content (AvgIpc) is 3.16. The minimum atomic E-state index is -0.388. The number of fused-ring (bicyclic) bond motifs is 1. The number of ether oxygens (including phenoxy) is 1. The number of anilines is 1. The van der Waals surface area contributed by atoms with Crippen LogP contribution >= 0.6 is 0 Å². The third kappa shape index (κ3) is 3.85. The normalized spacial score (nSPS) is 18.5. The van der Waals surface area contributed by atoms with Crippen LogP contribution in [0.1, 0.15) is 23.4 Å². The summed E-state index contributed by atoms with van der Waals surface area (Å²) in [5.41, 5.74) is 3.16. The summed E-state index contributed by atoms with van der Waals surface area (Å²) in [7, 11) is 0. The minimum Gasteiger partial charge on any atom is -0.480 e. The van der Waals surface area contributed by atoms with Gasteiger partial charge in [0.05, 0.1) is 5.69 Å². The van der Waals surface area contributed by atoms with Crippen molar-refractivity contribution in [2.75, 3.05) is 31.1 Å². The number of para-hydroxylation sites is 1. The Bertz CT molecular complexity index is 1090. The van der Waals surface area contributed by atoms with Gasteiger partial charge < -0.3 is 14.5 Å². The fourth-order valence-electron chi connectivity index (χ4n) is 4.32. The molecule has 0 N–H and O–H groups in total. The molecule has 8 nitrogen and oxygen atoms in total. The lowest BCUT2D eigenvalue weighted by Crippen LogP contribution is -2.53. The molecule has 1 fully saturated rings. The van der Waals surface area contributed by atoms with E-state index in [1.165, 1.54) is 5.56 Å². The molecule has 4 heterocycles. The summed E-state index contributed by atoms with van der Waals surface area (Å²) in [6, 6.07) is 13.9. The second-order valence-corrected chi connectivity index (χ2v) is 8.15. The summed E-state index contributed by atoms with van der Waals surface area (Å²) in [6.07, 6.45) is 1.22. The first-order valence-corrected chi connectivity index (χ1v) is 10.7. The Labute approximate surface area is 181 Å². The van der Waals surface area contributed by atoms with E-state index in [2.05, 4.69) is 26.3 Å². The van der Waals surface area contributed by atoms with E-state index in [1.54, 1.807) is 4.68 Å². The molecule has 0 aliphatic carbocycles. The Balaban J connectivity index is 1.20. The zero-order valence-electron chi connectivity index (χ0n) is 17.9. The van der Waals surface area contributed by atoms with Crippen LogP contribution in [0.25, 0.3) is 5.82 Å². The van der Waals surface area contributed by atoms with Gasteiger partial charge in [-0.15, -0.1) is 10.2 Å². The van der Waals surface area contributed by atoms with Gasteiger partial charge >= 0.3 is 0 Å². The van der Waals surface area contributed by atoms with Crippen molar-refractivity contribution in [3.05, 3.63) is 59.4 Å². The van der Waals surface area contributed by atoms with Crippen molar-refractivity contribution in [1.82, 2.24) is 24.9 Å². The van der Waals surface area contributed by atoms with E-state index in [4.69, 9.17) is 4.74 Å². The molecule has 0 saturated carbocycles. The first-order valence-electron chi connectivity index (χ1n) is 10.7. The number of carbonyl (C=O) groups excluding carboxylic acids is 1. The summed E-state index contributed by atoms with van der Waals surface area (Å²) >= 11 is 0. The lowest BCUT2D eigenvalue weighted by atomic mass is 10.0. The first-order chi connectivity index (χ1) is 15.1. The number of hydrogen-bond acceptors (Lipinski definition) is 6. The fraction of sp³-hybridized carbons (Fsp3) is 0.391. The van der Waals surface area contributed by atoms with Gasteiger partial charge in [0.15, 0.2) is 17.7 Å². The molecule has 160 valence electrons. The van der Waals surface area contributed by atoms with Gasteiger partial charge in [-0.05, 0) is 56.5 Å². The predicted octanol–water partition coefficient (Wildman–Crippen LogP) is 2.32. The number of aryl methyl sites for hydroxylation is 3. The van der Waals surface area contributed by atoms with Gasteiger partial charge in [-0.1, -0.05) is 18.2 Å². The zero-order valence-corrected chi connectivity index (χ0v) is 17.9. The van der Waals surface area contributed by atoms with E-state index in [0.717, 1.165) is 48.9 Å². The standard InChI is InChI=1S/C23H26N6O2/c1-16-15-17(2)29(26-16)22-10-9-21(24-25-22)27-11-13-28(14-12-27)23(30)20-8-7-18-5-3-4-6-19(18)31-20/h3-6,9-10,15,20H,7-8,11-14H2,1-2H3. The third-order valence-electron chi connectivity index (χ3n) is 5.97. The average molecular weight is 419 g/mol. The molecule has 5 rings (SSSR count). The van der Waals surface area contributed by atoms with Crippen LogP contribution in [0, 0.1) is 13.8 Å². The molecular formula is C23H26N6O2. The molecule has 2 aromatic heterocycles. The maximum Gasteiger partial charge on any atom is 0.263 e. The largest absolute Gasteiger partial charge is 0.480 e. The number of nitrogens with zero attached hydrogens (tertiary/aromatic N) is 6. The van der Waals surface area contributed by atoms with Gasteiger partial charge in [0.25, 0.3) is 5.91 Å². The summed E-state index contributed by atoms with van der Waals surface area (Å²) in [5.74, 6) is 2.45. The summed E-state index contributed by atoms with van der Waals surface area (Å²) in [4.78, 5) is 17.1. The number of piperazine rings is 1. The number of hydrogen-bond donors (Lipinski definition) is 0. The monoisotopic (exact) mass is 418 g/mol. The molecule has 2 aliphatic heterocycles. The molecule has 1 atom stereocenters. The van der Waals surface area contributed by atoms with Crippen molar-refractivity contribution in [3.8, 4) is 11.6 Å². The van der Waals surface area contributed by atoms with Crippen molar-refractivity contribution in [1.29, 1.82) is 0 Å². The summed E-state index contributed by atoms with van der Waals surface area (Å²) in [5, 5.41) is 13.2. The number of carbonyl (C=O) groups is 1. The maximum atomic E-state index is 13.0. The van der Waals surface area contributed by atoms with Crippen LogP contribution in [0.2, 0.25) is 0 Å². The van der Waals surface area contributed by atoms with Gasteiger partial charge in [0.2, 0.25) is 0 Å². The molecule has 2 aliphatic rings. The highest BCUT2D eigenvalue weighted by atomic mass is 16.5. The lowest BCUT2D eigenvalue weighted by molar-refractivity contribution is -0.139. The van der Waals surface area contributed by atoms with E-state index < -0.39 is 0 Å². The predicted molar refractivity (Wildman–Crippen MR) is 117 cm³/mol. The molecular weight excluding hydrogens is 392 g/mol. The van der Waals surface area contributed by atoms with Crippen LogP contribution in [0.3, 0.4) is 0 Å². The van der Waals surface area contributed by atoms with Gasteiger partial charge in [-0.3, -0.25) is 4.79 Å². The van der Waals surface area contributed by atoms with Crippen molar-refractivity contribution >= 4 is 11.7 Å². The summed E-state index contributed by atoms with van der Waals surface area (Å²) in [6.45, 7) is 6.72. The Morgan fingerprint density at radius 3 is 2.45 bits per heavy atom.